The van der Waals surface area contributed by atoms with E-state index in [2.05, 4.69) is 17.0 Å². The van der Waals surface area contributed by atoms with Crippen LogP contribution in [0.4, 0.5) is 0 Å². The molecule has 0 aliphatic rings. The van der Waals surface area contributed by atoms with Gasteiger partial charge in [0.15, 0.2) is 0 Å². The number of halogens is 2. The van der Waals surface area contributed by atoms with Gasteiger partial charge in [0.25, 0.3) is 6.47 Å². The Balaban J connectivity index is 0.000000468. The van der Waals surface area contributed by atoms with Gasteiger partial charge in [0.1, 0.15) is 12.1 Å². The molecule has 0 aliphatic carbocycles. The van der Waals surface area contributed by atoms with Crippen LogP contribution in [-0.4, -0.2) is 39.8 Å². The molecule has 0 unspecified atom stereocenters. The van der Waals surface area contributed by atoms with Crippen LogP contribution >= 0.6 is 23.2 Å². The van der Waals surface area contributed by atoms with Gasteiger partial charge in [-0.15, -0.1) is 0 Å². The minimum absolute atomic E-state index is 0. The first kappa shape index (κ1) is 44.5. The van der Waals surface area contributed by atoms with Gasteiger partial charge in [0, 0.05) is 68.5 Å². The molecule has 0 saturated heterocycles. The number of nitrogens with zero attached hydrogens (tertiary/aromatic N) is 4. The third-order valence-corrected chi connectivity index (χ3v) is 7.92. The predicted octanol–water partition coefficient (Wildman–Crippen LogP) is 1.38. The zero-order valence-corrected chi connectivity index (χ0v) is 34.1. The molecule has 256 valence electrons. The molecule has 0 radical (unpaired) electrons. The normalized spacial score (nSPS) is 9.47. The summed E-state index contributed by atoms with van der Waals surface area (Å²) in [5.41, 5.74) is 6.41. The Hall–Kier alpha value is -4.63. The van der Waals surface area contributed by atoms with Crippen molar-refractivity contribution >= 4 is 41.6 Å². The van der Waals surface area contributed by atoms with Crippen LogP contribution in [0.3, 0.4) is 0 Å². The average Bonchev–Trinajstić information content (AvgIpc) is 3.80. The van der Waals surface area contributed by atoms with E-state index in [0.29, 0.717) is 26.7 Å². The van der Waals surface area contributed by atoms with Crippen LogP contribution in [-0.2, 0) is 14.4 Å². The summed E-state index contributed by atoms with van der Waals surface area (Å²) in [6.07, 6.45) is 7.11. The number of carbonyl (C=O) groups is 3. The van der Waals surface area contributed by atoms with Crippen LogP contribution in [0.25, 0.3) is 33.6 Å². The van der Waals surface area contributed by atoms with Crippen LogP contribution in [0.15, 0.2) is 122 Å². The number of aromatic carboxylic acids is 1. The number of ether oxygens (including phenoxy) is 1. The van der Waals surface area contributed by atoms with Crippen molar-refractivity contribution in [3.8, 4) is 45.8 Å². The molecule has 6 rings (SSSR count). The fourth-order valence-corrected chi connectivity index (χ4v) is 5.31. The van der Waals surface area contributed by atoms with E-state index in [1.165, 1.54) is 19.2 Å². The van der Waals surface area contributed by atoms with Gasteiger partial charge >= 0.3 is 71.1 Å². The summed E-state index contributed by atoms with van der Waals surface area (Å²) in [7, 11) is 1.34. The van der Waals surface area contributed by atoms with Gasteiger partial charge in [-0.05, 0) is 60.7 Å². The molecule has 11 nitrogen and oxygen atoms in total. The first-order chi connectivity index (χ1) is 24.6. The minimum atomic E-state index is -0.974. The fourth-order valence-electron chi connectivity index (χ4n) is 4.84. The SMILES string of the molecule is COC(=O)c1ccc(-n2cc(C#N)c(-c3ccccc3Cl)c2)cc1.N#Cc1cn(-c2ccc(C(=O)O)cc2)cc1-c1ccccc1Cl.O=CO[O-].[H-].[Na+].[Na+]. The van der Waals surface area contributed by atoms with E-state index in [1.807, 2.05) is 53.4 Å². The van der Waals surface area contributed by atoms with Gasteiger partial charge in [-0.3, -0.25) is 4.79 Å². The van der Waals surface area contributed by atoms with Crippen molar-refractivity contribution in [1.29, 1.82) is 10.5 Å². The second-order valence-electron chi connectivity index (χ2n) is 10.3. The number of carboxylic acid groups (broad SMARTS) is 1. The number of benzene rings is 4. The van der Waals surface area contributed by atoms with Gasteiger partial charge in [-0.1, -0.05) is 59.6 Å². The van der Waals surface area contributed by atoms with E-state index in [4.69, 9.17) is 43.1 Å². The third kappa shape index (κ3) is 11.4. The molecule has 0 bridgehead atoms. The van der Waals surface area contributed by atoms with Gasteiger partial charge in [-0.25, -0.2) is 9.59 Å². The Kier molecular flexibility index (Phi) is 18.3. The number of carbonyl (C=O) groups excluding carboxylic acids is 2. The largest absolute Gasteiger partial charge is 1.00 e. The Bertz CT molecular complexity index is 2270. The number of aromatic nitrogens is 2. The standard InChI is InChI=1S/C19H13ClN2O2.C18H11ClN2O2.CH2O3.2Na.H/c1-24-19(23)13-6-8-15(9-7-13)22-11-14(10-21)17(12-22)16-4-2-3-5-18(16)20;19-17-4-2-1-3-15(17)16-11-21(10-13(16)9-20)14-7-5-12(6-8-14)18(22)23;2-1-4-3;;;/h2-9,11-12H,1H3;1-8,10-11H,(H,22,23);1,3H;;;/q;;;2*+1;-1/p-1. The van der Waals surface area contributed by atoms with Gasteiger partial charge in [-0.2, -0.15) is 10.5 Å². The fraction of sp³-hybridized carbons (Fsp3) is 0.0263. The van der Waals surface area contributed by atoms with Crippen molar-refractivity contribution in [1.82, 2.24) is 9.13 Å². The van der Waals surface area contributed by atoms with E-state index in [1.54, 1.807) is 65.5 Å². The second-order valence-corrected chi connectivity index (χ2v) is 11.1. The van der Waals surface area contributed by atoms with Crippen molar-refractivity contribution in [2.45, 2.75) is 0 Å². The summed E-state index contributed by atoms with van der Waals surface area (Å²) in [6, 6.07) is 32.5. The molecule has 2 aromatic heterocycles. The molecule has 6 aromatic rings. The summed E-state index contributed by atoms with van der Waals surface area (Å²) < 4.78 is 8.30. The van der Waals surface area contributed by atoms with E-state index < -0.39 is 5.97 Å². The summed E-state index contributed by atoms with van der Waals surface area (Å²) >= 11 is 12.5. The van der Waals surface area contributed by atoms with Crippen molar-refractivity contribution < 1.29 is 94.9 Å². The Morgan fingerprint density at radius 2 is 1.08 bits per heavy atom. The Morgan fingerprint density at radius 3 is 1.40 bits per heavy atom. The van der Waals surface area contributed by atoms with Gasteiger partial charge in [0.2, 0.25) is 0 Å². The second kappa shape index (κ2) is 21.8. The average molecular weight is 768 g/mol. The molecule has 0 amide bonds. The van der Waals surface area contributed by atoms with Crippen molar-refractivity contribution in [2.75, 3.05) is 7.11 Å². The van der Waals surface area contributed by atoms with Crippen molar-refractivity contribution in [3.05, 3.63) is 154 Å². The Labute approximate surface area is 360 Å². The van der Waals surface area contributed by atoms with Crippen molar-refractivity contribution in [3.63, 3.8) is 0 Å². The smallest absolute Gasteiger partial charge is 1.00 e. The van der Waals surface area contributed by atoms with Crippen LogP contribution in [0.5, 0.6) is 0 Å². The molecule has 1 N–H and O–H groups in total. The first-order valence-corrected chi connectivity index (χ1v) is 15.4. The van der Waals surface area contributed by atoms with E-state index in [9.17, 15) is 20.1 Å². The van der Waals surface area contributed by atoms with Crippen molar-refractivity contribution in [2.24, 2.45) is 0 Å². The summed E-state index contributed by atoms with van der Waals surface area (Å²) in [6.45, 7) is -0.181. The maximum atomic E-state index is 11.5. The number of methoxy groups -OCH3 is 1. The molecule has 0 atom stereocenters. The van der Waals surface area contributed by atoms with E-state index >= 15 is 0 Å². The number of hydrogen-bond acceptors (Lipinski definition) is 8. The maximum absolute atomic E-state index is 11.5. The maximum Gasteiger partial charge on any atom is 1.00 e. The summed E-state index contributed by atoms with van der Waals surface area (Å²) in [5.74, 6) is -1.36. The number of nitriles is 2. The first-order valence-electron chi connectivity index (χ1n) is 14.6. The molecular formula is C38H26Cl2N4Na2O7. The van der Waals surface area contributed by atoms with Gasteiger partial charge < -0.3 is 30.5 Å². The van der Waals surface area contributed by atoms with E-state index in [0.717, 1.165) is 33.6 Å². The molecule has 15 heteroatoms. The topological polar surface area (TPSA) is 170 Å². The molecule has 0 spiro atoms. The number of rotatable bonds is 7. The molecule has 53 heavy (non-hydrogen) atoms. The monoisotopic (exact) mass is 766 g/mol. The number of carboxylic acids is 1. The molecule has 4 aromatic carbocycles. The molecule has 0 fully saturated rings. The summed E-state index contributed by atoms with van der Waals surface area (Å²) in [5, 5.41) is 37.3. The molecule has 2 heterocycles. The number of hydrogen-bond donors (Lipinski definition) is 1. The summed E-state index contributed by atoms with van der Waals surface area (Å²) in [4.78, 5) is 33.7. The van der Waals surface area contributed by atoms with E-state index in [-0.39, 0.29) is 78.5 Å². The minimum Gasteiger partial charge on any atom is -1.00 e. The van der Waals surface area contributed by atoms with Gasteiger partial charge in [0.05, 0.1) is 29.4 Å². The van der Waals surface area contributed by atoms with Crippen LogP contribution in [0.1, 0.15) is 33.3 Å². The van der Waals surface area contributed by atoms with Crippen LogP contribution in [0, 0.1) is 22.7 Å². The predicted molar refractivity (Wildman–Crippen MR) is 188 cm³/mol. The third-order valence-electron chi connectivity index (χ3n) is 7.26. The molecular weight excluding hydrogens is 741 g/mol. The zero-order valence-electron chi connectivity index (χ0n) is 29.6. The molecule has 0 saturated carbocycles. The quantitative estimate of drug-likeness (QED) is 0.0830. The van der Waals surface area contributed by atoms with Crippen LogP contribution < -0.4 is 64.4 Å². The Morgan fingerprint density at radius 1 is 0.698 bits per heavy atom. The molecule has 0 aliphatic heterocycles. The number of esters is 1. The van der Waals surface area contributed by atoms with Crippen LogP contribution in [0.2, 0.25) is 10.0 Å². The zero-order chi connectivity index (χ0) is 36.9.